The maximum Gasteiger partial charge on any atom is 0.263 e. The van der Waals surface area contributed by atoms with Crippen molar-refractivity contribution in [3.63, 3.8) is 0 Å². The Labute approximate surface area is 70.5 Å². The molecule has 1 unspecified atom stereocenters. The Kier molecular flexibility index (Phi) is 2.88. The summed E-state index contributed by atoms with van der Waals surface area (Å²) in [5.74, 6) is 0. The predicted octanol–water partition coefficient (Wildman–Crippen LogP) is 2.20. The fourth-order valence-electron chi connectivity index (χ4n) is 0.730. The van der Waals surface area contributed by atoms with Gasteiger partial charge in [0, 0.05) is 5.56 Å². The van der Waals surface area contributed by atoms with Gasteiger partial charge in [0.15, 0.2) is 11.1 Å². The van der Waals surface area contributed by atoms with Crippen LogP contribution >= 0.6 is 0 Å². The van der Waals surface area contributed by atoms with Crippen LogP contribution in [0, 0.1) is 0 Å². The molecular formula is C7H6F2O2S. The molecule has 0 saturated heterocycles. The Morgan fingerprint density at radius 2 is 1.75 bits per heavy atom. The first-order chi connectivity index (χ1) is 5.61. The van der Waals surface area contributed by atoms with Gasteiger partial charge in [-0.1, -0.05) is 12.1 Å². The summed E-state index contributed by atoms with van der Waals surface area (Å²) in [7, 11) is 0. The summed E-state index contributed by atoms with van der Waals surface area (Å²) in [6.45, 7) is 0. The quantitative estimate of drug-likeness (QED) is 0.729. The van der Waals surface area contributed by atoms with Gasteiger partial charge < -0.3 is 4.55 Å². The Morgan fingerprint density at radius 1 is 1.25 bits per heavy atom. The van der Waals surface area contributed by atoms with Gasteiger partial charge >= 0.3 is 0 Å². The van der Waals surface area contributed by atoms with E-state index in [1.54, 1.807) is 0 Å². The summed E-state index contributed by atoms with van der Waals surface area (Å²) in [6.07, 6.45) is -2.54. The van der Waals surface area contributed by atoms with Crippen molar-refractivity contribution in [1.82, 2.24) is 0 Å². The number of halogens is 2. The maximum absolute atomic E-state index is 12.0. The molecule has 66 valence electrons. The second kappa shape index (κ2) is 3.73. The van der Waals surface area contributed by atoms with Gasteiger partial charge in [0.25, 0.3) is 6.43 Å². The van der Waals surface area contributed by atoms with E-state index >= 15 is 0 Å². The molecule has 12 heavy (non-hydrogen) atoms. The summed E-state index contributed by atoms with van der Waals surface area (Å²) >= 11 is -2.10. The van der Waals surface area contributed by atoms with Crippen molar-refractivity contribution < 1.29 is 17.5 Å². The monoisotopic (exact) mass is 192 g/mol. The Morgan fingerprint density at radius 3 is 2.08 bits per heavy atom. The molecule has 0 spiro atoms. The van der Waals surface area contributed by atoms with Crippen molar-refractivity contribution in [1.29, 1.82) is 0 Å². The molecular weight excluding hydrogens is 186 g/mol. The van der Waals surface area contributed by atoms with Gasteiger partial charge in [0.05, 0.1) is 4.90 Å². The van der Waals surface area contributed by atoms with Gasteiger partial charge in [-0.15, -0.1) is 0 Å². The molecule has 5 heteroatoms. The lowest BCUT2D eigenvalue weighted by molar-refractivity contribution is 0.151. The van der Waals surface area contributed by atoms with E-state index in [2.05, 4.69) is 0 Å². The molecule has 0 aromatic heterocycles. The molecule has 1 aromatic carbocycles. The first-order valence-corrected chi connectivity index (χ1v) is 4.21. The van der Waals surface area contributed by atoms with E-state index in [1.165, 1.54) is 12.1 Å². The average molecular weight is 192 g/mol. The van der Waals surface area contributed by atoms with Crippen LogP contribution in [0.15, 0.2) is 29.2 Å². The van der Waals surface area contributed by atoms with E-state index in [0.29, 0.717) is 0 Å². The molecule has 0 heterocycles. The van der Waals surface area contributed by atoms with Gasteiger partial charge in [-0.05, 0) is 12.1 Å². The second-order valence-electron chi connectivity index (χ2n) is 2.12. The number of rotatable bonds is 2. The fourth-order valence-corrected chi connectivity index (χ4v) is 1.10. The highest BCUT2D eigenvalue weighted by atomic mass is 32.2. The number of benzene rings is 1. The van der Waals surface area contributed by atoms with Crippen LogP contribution in [0.3, 0.4) is 0 Å². The van der Waals surface area contributed by atoms with Gasteiger partial charge in [-0.3, -0.25) is 0 Å². The third-order valence-electron chi connectivity index (χ3n) is 1.33. The second-order valence-corrected chi connectivity index (χ2v) is 3.09. The maximum atomic E-state index is 12.0. The molecule has 2 nitrogen and oxygen atoms in total. The summed E-state index contributed by atoms with van der Waals surface area (Å²) in [5, 5.41) is 0. The Hall–Kier alpha value is -0.810. The van der Waals surface area contributed by atoms with Crippen LogP contribution in [-0.4, -0.2) is 8.76 Å². The van der Waals surface area contributed by atoms with Crippen molar-refractivity contribution in [2.24, 2.45) is 0 Å². The molecule has 0 amide bonds. The lowest BCUT2D eigenvalue weighted by Crippen LogP contribution is -1.89. The summed E-state index contributed by atoms with van der Waals surface area (Å²) in [6, 6.07) is 4.68. The number of hydrogen-bond acceptors (Lipinski definition) is 1. The van der Waals surface area contributed by atoms with Gasteiger partial charge in [0.2, 0.25) is 0 Å². The van der Waals surface area contributed by atoms with Crippen LogP contribution in [0.2, 0.25) is 0 Å². The summed E-state index contributed by atoms with van der Waals surface area (Å²) in [4.78, 5) is 0.124. The van der Waals surface area contributed by atoms with Crippen molar-refractivity contribution in [2.45, 2.75) is 11.3 Å². The molecule has 1 rings (SSSR count). The van der Waals surface area contributed by atoms with Gasteiger partial charge in [0.1, 0.15) is 0 Å². The highest BCUT2D eigenvalue weighted by molar-refractivity contribution is 7.79. The van der Waals surface area contributed by atoms with E-state index in [4.69, 9.17) is 4.55 Å². The molecule has 0 saturated carbocycles. The highest BCUT2D eigenvalue weighted by Gasteiger charge is 2.06. The predicted molar refractivity (Wildman–Crippen MR) is 40.4 cm³/mol. The largest absolute Gasteiger partial charge is 0.302 e. The number of alkyl halides is 2. The van der Waals surface area contributed by atoms with Crippen molar-refractivity contribution in [3.05, 3.63) is 29.8 Å². The average Bonchev–Trinajstić information content (AvgIpc) is 2.04. The highest BCUT2D eigenvalue weighted by Crippen LogP contribution is 2.19. The molecule has 0 fully saturated rings. The standard InChI is InChI=1S/C7H6F2O2S/c8-7(9)5-1-3-6(4-2-5)12(10)11/h1-4,7H,(H,10,11). The van der Waals surface area contributed by atoms with E-state index in [0.717, 1.165) is 12.1 Å². The number of hydrogen-bond donors (Lipinski definition) is 1. The molecule has 0 aliphatic rings. The zero-order chi connectivity index (χ0) is 9.14. The molecule has 0 bridgehead atoms. The minimum atomic E-state index is -2.54. The van der Waals surface area contributed by atoms with Gasteiger partial charge in [-0.25, -0.2) is 13.0 Å². The van der Waals surface area contributed by atoms with E-state index < -0.39 is 17.5 Å². The molecule has 0 radical (unpaired) electrons. The van der Waals surface area contributed by atoms with Crippen LogP contribution in [0.1, 0.15) is 12.0 Å². The Bertz CT molecular complexity index is 284. The van der Waals surface area contributed by atoms with Crippen LogP contribution in [-0.2, 0) is 11.1 Å². The zero-order valence-corrected chi connectivity index (χ0v) is 6.72. The minimum Gasteiger partial charge on any atom is -0.302 e. The molecule has 0 aliphatic heterocycles. The van der Waals surface area contributed by atoms with Crippen LogP contribution in [0.4, 0.5) is 8.78 Å². The van der Waals surface area contributed by atoms with Crippen LogP contribution < -0.4 is 0 Å². The van der Waals surface area contributed by atoms with Crippen molar-refractivity contribution >= 4 is 11.1 Å². The fraction of sp³-hybridized carbons (Fsp3) is 0.143. The first kappa shape index (κ1) is 9.28. The van der Waals surface area contributed by atoms with Crippen LogP contribution in [0.5, 0.6) is 0 Å². The normalized spacial score (nSPS) is 13.3. The van der Waals surface area contributed by atoms with Crippen molar-refractivity contribution in [3.8, 4) is 0 Å². The van der Waals surface area contributed by atoms with Gasteiger partial charge in [-0.2, -0.15) is 0 Å². The molecule has 1 aromatic rings. The zero-order valence-electron chi connectivity index (χ0n) is 5.91. The van der Waals surface area contributed by atoms with Crippen molar-refractivity contribution in [2.75, 3.05) is 0 Å². The lowest BCUT2D eigenvalue weighted by Gasteiger charge is -1.98. The molecule has 1 atom stereocenters. The smallest absolute Gasteiger partial charge is 0.263 e. The minimum absolute atomic E-state index is 0.124. The van der Waals surface area contributed by atoms with E-state index in [9.17, 15) is 13.0 Å². The Balaban J connectivity index is 2.93. The topological polar surface area (TPSA) is 37.3 Å². The molecule has 1 N–H and O–H groups in total. The third kappa shape index (κ3) is 2.09. The third-order valence-corrected chi connectivity index (χ3v) is 2.01. The summed E-state index contributed by atoms with van der Waals surface area (Å²) < 4.78 is 42.9. The van der Waals surface area contributed by atoms with E-state index in [1.807, 2.05) is 0 Å². The summed E-state index contributed by atoms with van der Waals surface area (Å²) in [5.41, 5.74) is -0.149. The SMILES string of the molecule is O=S(O)c1ccc(C(F)F)cc1. The first-order valence-electron chi connectivity index (χ1n) is 3.10. The van der Waals surface area contributed by atoms with Crippen LogP contribution in [0.25, 0.3) is 0 Å². The lowest BCUT2D eigenvalue weighted by atomic mass is 10.2. The van der Waals surface area contributed by atoms with E-state index in [-0.39, 0.29) is 10.5 Å². The molecule has 0 aliphatic carbocycles.